The summed E-state index contributed by atoms with van der Waals surface area (Å²) in [5.41, 5.74) is 1.02. The molecule has 2 heterocycles. The second-order valence-electron chi connectivity index (χ2n) is 5.28. The minimum atomic E-state index is 0.660. The largest absolute Gasteiger partial charge is 0.352 e. The molecular formula is C15H26N4. The SMILES string of the molecule is CCCC1CCCCN1c1cnc(CNCC)cn1. The first-order chi connectivity index (χ1) is 9.35. The Hall–Kier alpha value is -1.16. The first kappa shape index (κ1) is 14.3. The van der Waals surface area contributed by atoms with Gasteiger partial charge < -0.3 is 10.2 Å². The lowest BCUT2D eigenvalue weighted by Gasteiger charge is -2.36. The number of hydrogen-bond donors (Lipinski definition) is 1. The maximum absolute atomic E-state index is 4.61. The molecule has 4 heteroatoms. The molecule has 4 nitrogen and oxygen atoms in total. The normalized spacial score (nSPS) is 19.7. The van der Waals surface area contributed by atoms with E-state index in [-0.39, 0.29) is 0 Å². The Morgan fingerprint density at radius 2 is 2.16 bits per heavy atom. The van der Waals surface area contributed by atoms with Crippen LogP contribution in [0.25, 0.3) is 0 Å². The summed E-state index contributed by atoms with van der Waals surface area (Å²) in [6.45, 7) is 7.27. The van der Waals surface area contributed by atoms with E-state index in [4.69, 9.17) is 0 Å². The zero-order valence-electron chi connectivity index (χ0n) is 12.2. The quantitative estimate of drug-likeness (QED) is 0.856. The Labute approximate surface area is 116 Å². The van der Waals surface area contributed by atoms with Crippen molar-refractivity contribution < 1.29 is 0 Å². The van der Waals surface area contributed by atoms with Gasteiger partial charge in [-0.2, -0.15) is 0 Å². The molecule has 0 saturated carbocycles. The van der Waals surface area contributed by atoms with Crippen LogP contribution in [-0.4, -0.2) is 29.1 Å². The van der Waals surface area contributed by atoms with E-state index >= 15 is 0 Å². The van der Waals surface area contributed by atoms with Gasteiger partial charge >= 0.3 is 0 Å². The molecule has 2 rings (SSSR count). The Morgan fingerprint density at radius 3 is 2.84 bits per heavy atom. The third-order valence-electron chi connectivity index (χ3n) is 3.79. The Kier molecular flexibility index (Phi) is 5.58. The van der Waals surface area contributed by atoms with Crippen molar-refractivity contribution in [3.63, 3.8) is 0 Å². The Bertz CT molecular complexity index is 361. The van der Waals surface area contributed by atoms with Crippen molar-refractivity contribution in [2.75, 3.05) is 18.0 Å². The van der Waals surface area contributed by atoms with Crippen molar-refractivity contribution >= 4 is 5.82 Å². The topological polar surface area (TPSA) is 41.1 Å². The average molecular weight is 262 g/mol. The van der Waals surface area contributed by atoms with Crippen molar-refractivity contribution in [1.82, 2.24) is 15.3 Å². The zero-order valence-corrected chi connectivity index (χ0v) is 12.2. The summed E-state index contributed by atoms with van der Waals surface area (Å²) in [6.07, 6.45) is 10.3. The molecule has 0 amide bonds. The van der Waals surface area contributed by atoms with Crippen LogP contribution in [0.4, 0.5) is 5.82 Å². The molecule has 1 saturated heterocycles. The summed E-state index contributed by atoms with van der Waals surface area (Å²) >= 11 is 0. The summed E-state index contributed by atoms with van der Waals surface area (Å²) < 4.78 is 0. The summed E-state index contributed by atoms with van der Waals surface area (Å²) in [5.74, 6) is 1.05. The second kappa shape index (κ2) is 7.43. The highest BCUT2D eigenvalue weighted by atomic mass is 15.2. The Balaban J connectivity index is 2.02. The van der Waals surface area contributed by atoms with Gasteiger partial charge in [0.2, 0.25) is 0 Å². The van der Waals surface area contributed by atoms with E-state index in [2.05, 4.69) is 34.0 Å². The predicted molar refractivity (Wildman–Crippen MR) is 79.3 cm³/mol. The van der Waals surface area contributed by atoms with E-state index in [0.717, 1.165) is 31.1 Å². The molecule has 1 unspecified atom stereocenters. The fraction of sp³-hybridized carbons (Fsp3) is 0.733. The van der Waals surface area contributed by atoms with Crippen LogP contribution in [-0.2, 0) is 6.54 Å². The summed E-state index contributed by atoms with van der Waals surface area (Å²) in [6, 6.07) is 0.660. The number of aromatic nitrogens is 2. The minimum absolute atomic E-state index is 0.660. The van der Waals surface area contributed by atoms with Crippen molar-refractivity contribution in [2.45, 2.75) is 58.5 Å². The third-order valence-corrected chi connectivity index (χ3v) is 3.79. The van der Waals surface area contributed by atoms with Crippen LogP contribution in [0, 0.1) is 0 Å². The second-order valence-corrected chi connectivity index (χ2v) is 5.28. The van der Waals surface area contributed by atoms with Crippen LogP contribution in [0.2, 0.25) is 0 Å². The lowest BCUT2D eigenvalue weighted by molar-refractivity contribution is 0.431. The number of rotatable bonds is 6. The van der Waals surface area contributed by atoms with Gasteiger partial charge in [-0.25, -0.2) is 4.98 Å². The first-order valence-electron chi connectivity index (χ1n) is 7.63. The molecule has 1 aromatic heterocycles. The van der Waals surface area contributed by atoms with Gasteiger partial charge in [-0.05, 0) is 32.2 Å². The predicted octanol–water partition coefficient (Wildman–Crippen LogP) is 2.75. The standard InChI is InChI=1S/C15H26N4/c1-3-7-14-8-5-6-9-19(14)15-12-17-13(11-18-15)10-16-4-2/h11-12,14,16H,3-10H2,1-2H3. The number of nitrogens with zero attached hydrogens (tertiary/aromatic N) is 3. The van der Waals surface area contributed by atoms with Gasteiger partial charge in [-0.3, -0.25) is 4.98 Å². The van der Waals surface area contributed by atoms with Gasteiger partial charge in [0, 0.05) is 19.1 Å². The lowest BCUT2D eigenvalue weighted by atomic mass is 9.98. The third kappa shape index (κ3) is 3.90. The molecule has 0 bridgehead atoms. The fourth-order valence-electron chi connectivity index (χ4n) is 2.78. The van der Waals surface area contributed by atoms with Gasteiger partial charge in [-0.1, -0.05) is 20.3 Å². The van der Waals surface area contributed by atoms with Crippen LogP contribution in [0.1, 0.15) is 51.6 Å². The molecular weight excluding hydrogens is 236 g/mol. The van der Waals surface area contributed by atoms with Crippen molar-refractivity contribution in [3.8, 4) is 0 Å². The average Bonchev–Trinajstić information content (AvgIpc) is 2.47. The summed E-state index contributed by atoms with van der Waals surface area (Å²) in [7, 11) is 0. The number of anilines is 1. The maximum atomic E-state index is 4.61. The zero-order chi connectivity index (χ0) is 13.5. The summed E-state index contributed by atoms with van der Waals surface area (Å²) in [4.78, 5) is 11.6. The van der Waals surface area contributed by atoms with E-state index < -0.39 is 0 Å². The van der Waals surface area contributed by atoms with E-state index in [0.29, 0.717) is 6.04 Å². The van der Waals surface area contributed by atoms with E-state index in [9.17, 15) is 0 Å². The molecule has 1 aliphatic heterocycles. The molecule has 1 N–H and O–H groups in total. The molecule has 1 aromatic rings. The maximum Gasteiger partial charge on any atom is 0.147 e. The van der Waals surface area contributed by atoms with Crippen molar-refractivity contribution in [1.29, 1.82) is 0 Å². The molecule has 0 radical (unpaired) electrons. The van der Waals surface area contributed by atoms with E-state index in [1.54, 1.807) is 0 Å². The van der Waals surface area contributed by atoms with Crippen LogP contribution in [0.3, 0.4) is 0 Å². The van der Waals surface area contributed by atoms with Crippen LogP contribution in [0.15, 0.2) is 12.4 Å². The minimum Gasteiger partial charge on any atom is -0.352 e. The fourth-order valence-corrected chi connectivity index (χ4v) is 2.78. The van der Waals surface area contributed by atoms with Gasteiger partial charge in [-0.15, -0.1) is 0 Å². The van der Waals surface area contributed by atoms with Crippen LogP contribution in [0.5, 0.6) is 0 Å². The molecule has 19 heavy (non-hydrogen) atoms. The van der Waals surface area contributed by atoms with Crippen LogP contribution >= 0.6 is 0 Å². The highest BCUT2D eigenvalue weighted by molar-refractivity contribution is 5.38. The number of piperidine rings is 1. The van der Waals surface area contributed by atoms with Gasteiger partial charge in [0.1, 0.15) is 5.82 Å². The highest BCUT2D eigenvalue weighted by Gasteiger charge is 2.22. The molecule has 0 aromatic carbocycles. The van der Waals surface area contributed by atoms with Crippen molar-refractivity contribution in [2.24, 2.45) is 0 Å². The highest BCUT2D eigenvalue weighted by Crippen LogP contribution is 2.25. The van der Waals surface area contributed by atoms with Gasteiger partial charge in [0.15, 0.2) is 0 Å². The molecule has 1 fully saturated rings. The van der Waals surface area contributed by atoms with E-state index in [1.807, 2.05) is 12.4 Å². The molecule has 1 aliphatic rings. The smallest absolute Gasteiger partial charge is 0.147 e. The summed E-state index contributed by atoms with van der Waals surface area (Å²) in [5, 5.41) is 3.28. The lowest BCUT2D eigenvalue weighted by Crippen LogP contribution is -2.40. The van der Waals surface area contributed by atoms with Gasteiger partial charge in [0.05, 0.1) is 18.1 Å². The van der Waals surface area contributed by atoms with E-state index in [1.165, 1.54) is 32.1 Å². The number of nitrogens with one attached hydrogen (secondary N) is 1. The molecule has 106 valence electrons. The molecule has 0 spiro atoms. The van der Waals surface area contributed by atoms with Crippen LogP contribution < -0.4 is 10.2 Å². The van der Waals surface area contributed by atoms with Gasteiger partial charge in [0.25, 0.3) is 0 Å². The monoisotopic (exact) mass is 262 g/mol. The molecule has 1 atom stereocenters. The Morgan fingerprint density at radius 1 is 1.26 bits per heavy atom. The first-order valence-corrected chi connectivity index (χ1v) is 7.63. The molecule has 0 aliphatic carbocycles. The van der Waals surface area contributed by atoms with Crippen molar-refractivity contribution in [3.05, 3.63) is 18.1 Å². The number of hydrogen-bond acceptors (Lipinski definition) is 4.